The lowest BCUT2D eigenvalue weighted by Gasteiger charge is -2.09. The maximum absolute atomic E-state index is 11.9. The van der Waals surface area contributed by atoms with Crippen molar-refractivity contribution in [3.05, 3.63) is 63.6 Å². The van der Waals surface area contributed by atoms with Crippen LogP contribution in [-0.4, -0.2) is 18.5 Å². The minimum atomic E-state index is -0.502. The lowest BCUT2D eigenvalue weighted by atomic mass is 10.1. The summed E-state index contributed by atoms with van der Waals surface area (Å²) in [7, 11) is 0. The van der Waals surface area contributed by atoms with Gasteiger partial charge in [0.15, 0.2) is 6.61 Å². The van der Waals surface area contributed by atoms with Gasteiger partial charge in [-0.15, -0.1) is 0 Å². The van der Waals surface area contributed by atoms with Crippen LogP contribution in [0, 0.1) is 13.8 Å². The number of ether oxygens (including phenoxy) is 1. The first-order valence-electron chi connectivity index (χ1n) is 6.76. The molecule has 22 heavy (non-hydrogen) atoms. The summed E-state index contributed by atoms with van der Waals surface area (Å²) in [5.41, 5.74) is 3.00. The number of esters is 1. The van der Waals surface area contributed by atoms with Gasteiger partial charge in [-0.25, -0.2) is 4.79 Å². The van der Waals surface area contributed by atoms with Crippen LogP contribution >= 0.6 is 15.9 Å². The minimum Gasteiger partial charge on any atom is -0.452 e. The van der Waals surface area contributed by atoms with Gasteiger partial charge in [-0.3, -0.25) is 4.79 Å². The minimum absolute atomic E-state index is 0.321. The molecule has 0 fully saturated rings. The molecule has 0 unspecified atom stereocenters. The molecule has 0 heterocycles. The Morgan fingerprint density at radius 2 is 1.82 bits per heavy atom. The van der Waals surface area contributed by atoms with Crippen LogP contribution in [0.4, 0.5) is 5.69 Å². The molecule has 0 aliphatic carbocycles. The highest BCUT2D eigenvalue weighted by atomic mass is 79.9. The first-order valence-corrected chi connectivity index (χ1v) is 7.55. The Balaban J connectivity index is 1.91. The van der Waals surface area contributed by atoms with Crippen molar-refractivity contribution >= 4 is 33.5 Å². The van der Waals surface area contributed by atoms with E-state index in [-0.39, 0.29) is 12.5 Å². The molecule has 2 rings (SSSR count). The van der Waals surface area contributed by atoms with E-state index in [1.807, 2.05) is 32.0 Å². The van der Waals surface area contributed by atoms with Crippen LogP contribution in [0.15, 0.2) is 46.9 Å². The highest BCUT2D eigenvalue weighted by Crippen LogP contribution is 2.20. The number of carbonyl (C=O) groups is 2. The molecule has 1 amide bonds. The average molecular weight is 362 g/mol. The fourth-order valence-electron chi connectivity index (χ4n) is 1.88. The van der Waals surface area contributed by atoms with Crippen molar-refractivity contribution in [3.63, 3.8) is 0 Å². The summed E-state index contributed by atoms with van der Waals surface area (Å²) in [6.45, 7) is 3.46. The van der Waals surface area contributed by atoms with E-state index >= 15 is 0 Å². The van der Waals surface area contributed by atoms with E-state index in [1.165, 1.54) is 0 Å². The maximum Gasteiger partial charge on any atom is 0.338 e. The SMILES string of the molecule is Cc1ccc(NC(=O)COC(=O)c2ccccc2C)cc1Br. The first kappa shape index (κ1) is 16.2. The fraction of sp³-hybridized carbons (Fsp3) is 0.176. The maximum atomic E-state index is 11.9. The smallest absolute Gasteiger partial charge is 0.338 e. The average Bonchev–Trinajstić information content (AvgIpc) is 2.49. The van der Waals surface area contributed by atoms with E-state index in [4.69, 9.17) is 4.74 Å². The van der Waals surface area contributed by atoms with Crippen LogP contribution in [0.2, 0.25) is 0 Å². The van der Waals surface area contributed by atoms with Gasteiger partial charge in [-0.2, -0.15) is 0 Å². The number of nitrogens with one attached hydrogen (secondary N) is 1. The molecule has 0 aliphatic heterocycles. The van der Waals surface area contributed by atoms with Gasteiger partial charge in [-0.1, -0.05) is 40.2 Å². The Bertz CT molecular complexity index is 713. The molecule has 0 aromatic heterocycles. The van der Waals surface area contributed by atoms with E-state index < -0.39 is 5.97 Å². The summed E-state index contributed by atoms with van der Waals surface area (Å²) < 4.78 is 5.94. The molecule has 1 N–H and O–H groups in total. The highest BCUT2D eigenvalue weighted by Gasteiger charge is 2.12. The number of aryl methyl sites for hydroxylation is 2. The Morgan fingerprint density at radius 3 is 2.50 bits per heavy atom. The number of rotatable bonds is 4. The third-order valence-corrected chi connectivity index (χ3v) is 4.01. The van der Waals surface area contributed by atoms with Crippen LogP contribution in [0.5, 0.6) is 0 Å². The Morgan fingerprint density at radius 1 is 1.09 bits per heavy atom. The monoisotopic (exact) mass is 361 g/mol. The van der Waals surface area contributed by atoms with Crippen LogP contribution in [0.1, 0.15) is 21.5 Å². The van der Waals surface area contributed by atoms with Crippen molar-refractivity contribution in [1.29, 1.82) is 0 Å². The molecule has 2 aromatic rings. The largest absolute Gasteiger partial charge is 0.452 e. The second kappa shape index (κ2) is 7.22. The zero-order valence-corrected chi connectivity index (χ0v) is 13.9. The number of hydrogen-bond acceptors (Lipinski definition) is 3. The van der Waals surface area contributed by atoms with Gasteiger partial charge in [0.05, 0.1) is 5.56 Å². The number of hydrogen-bond donors (Lipinski definition) is 1. The van der Waals surface area contributed by atoms with Gasteiger partial charge in [0.1, 0.15) is 0 Å². The lowest BCUT2D eigenvalue weighted by molar-refractivity contribution is -0.119. The topological polar surface area (TPSA) is 55.4 Å². The summed E-state index contributed by atoms with van der Waals surface area (Å²) >= 11 is 3.40. The number of amides is 1. The molecular formula is C17H16BrNO3. The first-order chi connectivity index (χ1) is 10.5. The second-order valence-corrected chi connectivity index (χ2v) is 5.76. The Labute approximate surface area is 137 Å². The van der Waals surface area contributed by atoms with Gasteiger partial charge in [0, 0.05) is 10.2 Å². The predicted octanol–water partition coefficient (Wildman–Crippen LogP) is 3.86. The van der Waals surface area contributed by atoms with Crippen LogP contribution in [0.3, 0.4) is 0 Å². The molecular weight excluding hydrogens is 346 g/mol. The summed E-state index contributed by atoms with van der Waals surface area (Å²) in [5.74, 6) is -0.879. The summed E-state index contributed by atoms with van der Waals surface area (Å²) in [6.07, 6.45) is 0. The van der Waals surface area contributed by atoms with E-state index in [1.54, 1.807) is 24.3 Å². The van der Waals surface area contributed by atoms with Gasteiger partial charge in [-0.05, 0) is 43.2 Å². The number of halogens is 1. The summed E-state index contributed by atoms with van der Waals surface area (Å²) in [6, 6.07) is 12.6. The van der Waals surface area contributed by atoms with Crippen LogP contribution in [-0.2, 0) is 9.53 Å². The molecule has 5 heteroatoms. The van der Waals surface area contributed by atoms with Gasteiger partial charge >= 0.3 is 5.97 Å². The second-order valence-electron chi connectivity index (χ2n) is 4.90. The van der Waals surface area contributed by atoms with E-state index in [0.29, 0.717) is 11.3 Å². The highest BCUT2D eigenvalue weighted by molar-refractivity contribution is 9.10. The zero-order valence-electron chi connectivity index (χ0n) is 12.4. The van der Waals surface area contributed by atoms with Gasteiger partial charge in [0.2, 0.25) is 0 Å². The number of anilines is 1. The molecule has 4 nitrogen and oxygen atoms in total. The van der Waals surface area contributed by atoms with Crippen molar-refractivity contribution in [3.8, 4) is 0 Å². The fourth-order valence-corrected chi connectivity index (χ4v) is 2.26. The normalized spacial score (nSPS) is 10.1. The quantitative estimate of drug-likeness (QED) is 0.841. The van der Waals surface area contributed by atoms with E-state index in [2.05, 4.69) is 21.2 Å². The molecule has 2 aromatic carbocycles. The Kier molecular flexibility index (Phi) is 5.33. The van der Waals surface area contributed by atoms with Crippen LogP contribution < -0.4 is 5.32 Å². The van der Waals surface area contributed by atoms with E-state index in [0.717, 1.165) is 15.6 Å². The van der Waals surface area contributed by atoms with Crippen molar-refractivity contribution in [2.24, 2.45) is 0 Å². The van der Waals surface area contributed by atoms with Crippen LogP contribution in [0.25, 0.3) is 0 Å². The van der Waals surface area contributed by atoms with Gasteiger partial charge in [0.25, 0.3) is 5.91 Å². The lowest BCUT2D eigenvalue weighted by Crippen LogP contribution is -2.21. The molecule has 0 saturated heterocycles. The molecule has 0 spiro atoms. The zero-order chi connectivity index (χ0) is 16.1. The van der Waals surface area contributed by atoms with Crippen molar-refractivity contribution in [1.82, 2.24) is 0 Å². The predicted molar refractivity (Wildman–Crippen MR) is 89.0 cm³/mol. The molecule has 0 radical (unpaired) electrons. The Hall–Kier alpha value is -2.14. The van der Waals surface area contributed by atoms with Crippen molar-refractivity contribution in [2.75, 3.05) is 11.9 Å². The molecule has 0 atom stereocenters. The molecule has 0 bridgehead atoms. The molecule has 0 aliphatic rings. The number of carbonyl (C=O) groups excluding carboxylic acids is 2. The van der Waals surface area contributed by atoms with Crippen molar-refractivity contribution in [2.45, 2.75) is 13.8 Å². The van der Waals surface area contributed by atoms with Gasteiger partial charge < -0.3 is 10.1 Å². The standard InChI is InChI=1S/C17H16BrNO3/c1-11-5-3-4-6-14(11)17(21)22-10-16(20)19-13-8-7-12(2)15(18)9-13/h3-9H,10H2,1-2H3,(H,19,20). The van der Waals surface area contributed by atoms with Crippen molar-refractivity contribution < 1.29 is 14.3 Å². The third-order valence-electron chi connectivity index (χ3n) is 3.15. The third kappa shape index (κ3) is 4.18. The number of benzene rings is 2. The molecule has 114 valence electrons. The molecule has 0 saturated carbocycles. The summed E-state index contributed by atoms with van der Waals surface area (Å²) in [4.78, 5) is 23.7. The van der Waals surface area contributed by atoms with E-state index in [9.17, 15) is 9.59 Å². The summed E-state index contributed by atoms with van der Waals surface area (Å²) in [5, 5.41) is 2.69.